The number of methoxy groups -OCH3 is 1. The summed E-state index contributed by atoms with van der Waals surface area (Å²) in [5.41, 5.74) is 2.35. The second-order valence-electron chi connectivity index (χ2n) is 4.15. The molecule has 0 N–H and O–H groups in total. The van der Waals surface area contributed by atoms with Crippen molar-refractivity contribution < 1.29 is 4.74 Å². The summed E-state index contributed by atoms with van der Waals surface area (Å²) < 4.78 is 6.39. The first-order chi connectivity index (χ1) is 9.11. The van der Waals surface area contributed by atoms with E-state index in [0.29, 0.717) is 0 Å². The van der Waals surface area contributed by atoms with E-state index < -0.39 is 0 Å². The normalized spacial score (nSPS) is 12.2. The molecular weight excluding hydrogens is 391 g/mol. The summed E-state index contributed by atoms with van der Waals surface area (Å²) in [5, 5.41) is 0.729. The Labute approximate surface area is 135 Å². The molecule has 0 fully saturated rings. The Bertz CT molecular complexity index is 572. The first-order valence-electron chi connectivity index (χ1n) is 5.82. The second-order valence-corrected chi connectivity index (χ2v) is 6.55. The predicted molar refractivity (Wildman–Crippen MR) is 87.5 cm³/mol. The van der Waals surface area contributed by atoms with Gasteiger partial charge in [-0.15, -0.1) is 0 Å². The highest BCUT2D eigenvalue weighted by molar-refractivity contribution is 9.11. The van der Waals surface area contributed by atoms with Crippen molar-refractivity contribution in [3.63, 3.8) is 0 Å². The Morgan fingerprint density at radius 3 is 2.63 bits per heavy atom. The summed E-state index contributed by atoms with van der Waals surface area (Å²) >= 11 is 13.2. The zero-order chi connectivity index (χ0) is 13.8. The number of ether oxygens (including phenoxy) is 1. The van der Waals surface area contributed by atoms with Crippen LogP contribution in [0.25, 0.3) is 0 Å². The fourth-order valence-corrected chi connectivity index (χ4v) is 3.94. The van der Waals surface area contributed by atoms with E-state index in [1.165, 1.54) is 11.1 Å². The molecule has 4 heteroatoms. The molecule has 1 atom stereocenters. The van der Waals surface area contributed by atoms with Crippen LogP contribution in [-0.2, 0) is 6.42 Å². The van der Waals surface area contributed by atoms with Crippen LogP contribution in [0.3, 0.4) is 0 Å². The van der Waals surface area contributed by atoms with Gasteiger partial charge in [0.05, 0.1) is 7.11 Å². The van der Waals surface area contributed by atoms with Crippen LogP contribution in [0.4, 0.5) is 0 Å². The lowest BCUT2D eigenvalue weighted by Crippen LogP contribution is -1.99. The molecule has 2 aromatic rings. The van der Waals surface area contributed by atoms with Gasteiger partial charge in [0.2, 0.25) is 0 Å². The summed E-state index contributed by atoms with van der Waals surface area (Å²) in [5.74, 6) is 0.914. The van der Waals surface area contributed by atoms with Crippen LogP contribution < -0.4 is 4.74 Å². The van der Waals surface area contributed by atoms with Gasteiger partial charge in [0.15, 0.2) is 0 Å². The van der Waals surface area contributed by atoms with Gasteiger partial charge in [0.25, 0.3) is 0 Å². The highest BCUT2D eigenvalue weighted by Crippen LogP contribution is 2.35. The SMILES string of the molecule is COc1ccccc1CC(Br)c1ccc(Cl)cc1Br. The Balaban J connectivity index is 2.23. The topological polar surface area (TPSA) is 9.23 Å². The number of rotatable bonds is 4. The van der Waals surface area contributed by atoms with E-state index in [0.717, 1.165) is 21.7 Å². The van der Waals surface area contributed by atoms with Gasteiger partial charge in [-0.2, -0.15) is 0 Å². The molecule has 0 amide bonds. The van der Waals surface area contributed by atoms with Gasteiger partial charge in [-0.1, -0.05) is 67.7 Å². The van der Waals surface area contributed by atoms with Gasteiger partial charge in [-0.05, 0) is 35.7 Å². The molecule has 0 saturated carbocycles. The fourth-order valence-electron chi connectivity index (χ4n) is 1.93. The number of benzene rings is 2. The average Bonchev–Trinajstić information content (AvgIpc) is 2.39. The molecule has 0 saturated heterocycles. The Kier molecular flexibility index (Phi) is 5.31. The van der Waals surface area contributed by atoms with E-state index in [9.17, 15) is 0 Å². The Morgan fingerprint density at radius 2 is 1.95 bits per heavy atom. The second kappa shape index (κ2) is 6.78. The lowest BCUT2D eigenvalue weighted by molar-refractivity contribution is 0.409. The van der Waals surface area contributed by atoms with Crippen molar-refractivity contribution in [3.05, 3.63) is 63.1 Å². The third-order valence-corrected chi connectivity index (χ3v) is 4.63. The van der Waals surface area contributed by atoms with E-state index in [-0.39, 0.29) is 4.83 Å². The van der Waals surface area contributed by atoms with Crippen LogP contribution in [0.2, 0.25) is 5.02 Å². The summed E-state index contributed by atoms with van der Waals surface area (Å²) in [6, 6.07) is 13.9. The summed E-state index contributed by atoms with van der Waals surface area (Å²) in [7, 11) is 1.69. The van der Waals surface area contributed by atoms with Crippen molar-refractivity contribution in [1.29, 1.82) is 0 Å². The molecule has 2 rings (SSSR count). The van der Waals surface area contributed by atoms with Crippen LogP contribution in [0.5, 0.6) is 5.75 Å². The van der Waals surface area contributed by atoms with Crippen molar-refractivity contribution in [1.82, 2.24) is 0 Å². The van der Waals surface area contributed by atoms with E-state index in [1.807, 2.05) is 36.4 Å². The Hall–Kier alpha value is -0.510. The lowest BCUT2D eigenvalue weighted by atomic mass is 10.0. The van der Waals surface area contributed by atoms with Crippen molar-refractivity contribution in [2.75, 3.05) is 7.11 Å². The van der Waals surface area contributed by atoms with Crippen molar-refractivity contribution >= 4 is 43.5 Å². The van der Waals surface area contributed by atoms with E-state index >= 15 is 0 Å². The smallest absolute Gasteiger partial charge is 0.122 e. The maximum atomic E-state index is 5.96. The summed E-state index contributed by atoms with van der Waals surface area (Å²) in [4.78, 5) is 0.204. The lowest BCUT2D eigenvalue weighted by Gasteiger charge is -2.14. The number of alkyl halides is 1. The van der Waals surface area contributed by atoms with Crippen LogP contribution in [0, 0.1) is 0 Å². The molecule has 2 aromatic carbocycles. The zero-order valence-electron chi connectivity index (χ0n) is 10.4. The van der Waals surface area contributed by atoms with Gasteiger partial charge in [-0.25, -0.2) is 0 Å². The number of hydrogen-bond donors (Lipinski definition) is 0. The molecule has 0 heterocycles. The van der Waals surface area contributed by atoms with Gasteiger partial charge >= 0.3 is 0 Å². The largest absolute Gasteiger partial charge is 0.496 e. The third-order valence-electron chi connectivity index (χ3n) is 2.89. The highest BCUT2D eigenvalue weighted by atomic mass is 79.9. The summed E-state index contributed by atoms with van der Waals surface area (Å²) in [6.07, 6.45) is 0.851. The fraction of sp³-hybridized carbons (Fsp3) is 0.200. The molecule has 19 heavy (non-hydrogen) atoms. The summed E-state index contributed by atoms with van der Waals surface area (Å²) in [6.45, 7) is 0. The molecule has 0 radical (unpaired) electrons. The Morgan fingerprint density at radius 1 is 1.21 bits per heavy atom. The van der Waals surface area contributed by atoms with E-state index in [1.54, 1.807) is 7.11 Å². The molecule has 1 unspecified atom stereocenters. The molecule has 0 spiro atoms. The maximum absolute atomic E-state index is 5.96. The minimum absolute atomic E-state index is 0.204. The van der Waals surface area contributed by atoms with Crippen molar-refractivity contribution in [3.8, 4) is 5.75 Å². The number of para-hydroxylation sites is 1. The quantitative estimate of drug-likeness (QED) is 0.586. The monoisotopic (exact) mass is 402 g/mol. The van der Waals surface area contributed by atoms with Crippen molar-refractivity contribution in [2.24, 2.45) is 0 Å². The van der Waals surface area contributed by atoms with E-state index in [4.69, 9.17) is 16.3 Å². The van der Waals surface area contributed by atoms with E-state index in [2.05, 4.69) is 37.9 Å². The first-order valence-corrected chi connectivity index (χ1v) is 7.91. The molecular formula is C15H13Br2ClO. The zero-order valence-corrected chi connectivity index (χ0v) is 14.3. The minimum atomic E-state index is 0.204. The van der Waals surface area contributed by atoms with Gasteiger partial charge in [0.1, 0.15) is 5.75 Å². The van der Waals surface area contributed by atoms with Gasteiger partial charge in [-0.3, -0.25) is 0 Å². The number of halogens is 3. The molecule has 100 valence electrons. The molecule has 0 bridgehead atoms. The van der Waals surface area contributed by atoms with Crippen LogP contribution >= 0.6 is 43.5 Å². The maximum Gasteiger partial charge on any atom is 0.122 e. The average molecular weight is 405 g/mol. The van der Waals surface area contributed by atoms with Gasteiger partial charge < -0.3 is 4.74 Å². The molecule has 0 aliphatic carbocycles. The van der Waals surface area contributed by atoms with Crippen LogP contribution in [0.1, 0.15) is 16.0 Å². The minimum Gasteiger partial charge on any atom is -0.496 e. The first kappa shape index (κ1) is 14.9. The number of hydrogen-bond acceptors (Lipinski definition) is 1. The molecule has 0 aliphatic rings. The molecule has 1 nitrogen and oxygen atoms in total. The third kappa shape index (κ3) is 3.74. The standard InChI is InChI=1S/C15H13Br2ClO/c1-19-15-5-3-2-4-10(15)8-13(16)12-7-6-11(18)9-14(12)17/h2-7,9,13H,8H2,1H3. The van der Waals surface area contributed by atoms with Crippen LogP contribution in [-0.4, -0.2) is 7.11 Å². The molecule has 0 aromatic heterocycles. The van der Waals surface area contributed by atoms with Crippen molar-refractivity contribution in [2.45, 2.75) is 11.2 Å². The predicted octanol–water partition coefficient (Wildman–Crippen LogP) is 5.79. The van der Waals surface area contributed by atoms with Gasteiger partial charge in [0, 0.05) is 14.3 Å². The molecule has 0 aliphatic heterocycles. The highest BCUT2D eigenvalue weighted by Gasteiger charge is 2.14. The van der Waals surface area contributed by atoms with Crippen LogP contribution in [0.15, 0.2) is 46.9 Å².